The van der Waals surface area contributed by atoms with E-state index in [0.717, 1.165) is 38.4 Å². The summed E-state index contributed by atoms with van der Waals surface area (Å²) < 4.78 is 13.7. The second-order valence-electron chi connectivity index (χ2n) is 6.52. The molecule has 0 radical (unpaired) electrons. The third-order valence-electron chi connectivity index (χ3n) is 4.65. The van der Waals surface area contributed by atoms with E-state index < -0.39 is 0 Å². The van der Waals surface area contributed by atoms with Crippen LogP contribution < -0.4 is 4.74 Å². The molecule has 1 aliphatic heterocycles. The minimum atomic E-state index is 0.104. The standard InChI is InChI=1S/C16H26N2O2/c1-3-13-12-18(14-6-4-5-10-19-14)17-15(13)20-11-9-16(2)7-8-16/h12,14H,3-11H2,1-2H3. The van der Waals surface area contributed by atoms with Crippen molar-refractivity contribution in [2.24, 2.45) is 5.41 Å². The van der Waals surface area contributed by atoms with Gasteiger partial charge in [0, 0.05) is 18.4 Å². The highest BCUT2D eigenvalue weighted by atomic mass is 16.5. The van der Waals surface area contributed by atoms with Crippen LogP contribution in [-0.4, -0.2) is 23.0 Å². The van der Waals surface area contributed by atoms with Crippen LogP contribution >= 0.6 is 0 Å². The molecule has 4 heteroatoms. The van der Waals surface area contributed by atoms with E-state index in [1.54, 1.807) is 0 Å². The third-order valence-corrected chi connectivity index (χ3v) is 4.65. The van der Waals surface area contributed by atoms with Gasteiger partial charge in [-0.05, 0) is 50.4 Å². The summed E-state index contributed by atoms with van der Waals surface area (Å²) in [5, 5.41) is 4.61. The van der Waals surface area contributed by atoms with Gasteiger partial charge in [-0.3, -0.25) is 0 Å². The topological polar surface area (TPSA) is 36.3 Å². The minimum absolute atomic E-state index is 0.104. The Balaban J connectivity index is 1.61. The summed E-state index contributed by atoms with van der Waals surface area (Å²) in [6, 6.07) is 0. The van der Waals surface area contributed by atoms with Crippen molar-refractivity contribution >= 4 is 0 Å². The van der Waals surface area contributed by atoms with Gasteiger partial charge in [0.1, 0.15) is 6.23 Å². The molecule has 4 nitrogen and oxygen atoms in total. The summed E-state index contributed by atoms with van der Waals surface area (Å²) in [4.78, 5) is 0. The van der Waals surface area contributed by atoms with E-state index in [-0.39, 0.29) is 6.23 Å². The maximum atomic E-state index is 5.93. The molecule has 0 aromatic carbocycles. The summed E-state index contributed by atoms with van der Waals surface area (Å²) in [7, 11) is 0. The Hall–Kier alpha value is -1.03. The van der Waals surface area contributed by atoms with E-state index in [0.29, 0.717) is 5.41 Å². The number of hydrogen-bond acceptors (Lipinski definition) is 3. The van der Waals surface area contributed by atoms with Crippen molar-refractivity contribution in [2.75, 3.05) is 13.2 Å². The fourth-order valence-electron chi connectivity index (χ4n) is 2.71. The van der Waals surface area contributed by atoms with Crippen molar-refractivity contribution in [1.82, 2.24) is 9.78 Å². The van der Waals surface area contributed by atoms with Gasteiger partial charge in [0.25, 0.3) is 0 Å². The highest BCUT2D eigenvalue weighted by Gasteiger charge is 2.36. The minimum Gasteiger partial charge on any atom is -0.476 e. The number of rotatable bonds is 6. The summed E-state index contributed by atoms with van der Waals surface area (Å²) in [6.07, 6.45) is 10.4. The van der Waals surface area contributed by atoms with E-state index >= 15 is 0 Å². The average Bonchev–Trinajstić information content (AvgIpc) is 3.06. The lowest BCUT2D eigenvalue weighted by Crippen LogP contribution is -2.18. The fourth-order valence-corrected chi connectivity index (χ4v) is 2.71. The molecule has 0 bridgehead atoms. The molecule has 2 aliphatic rings. The number of ether oxygens (including phenoxy) is 2. The quantitative estimate of drug-likeness (QED) is 0.796. The van der Waals surface area contributed by atoms with E-state index in [9.17, 15) is 0 Å². The molecule has 2 heterocycles. The van der Waals surface area contributed by atoms with Crippen molar-refractivity contribution in [2.45, 2.75) is 65.0 Å². The van der Waals surface area contributed by atoms with Crippen molar-refractivity contribution in [3.63, 3.8) is 0 Å². The lowest BCUT2D eigenvalue weighted by molar-refractivity contribution is -0.0400. The first-order chi connectivity index (χ1) is 9.70. The van der Waals surface area contributed by atoms with Gasteiger partial charge in [0.15, 0.2) is 0 Å². The van der Waals surface area contributed by atoms with Crippen LogP contribution in [0.15, 0.2) is 6.20 Å². The third kappa shape index (κ3) is 3.17. The molecule has 1 saturated heterocycles. The average molecular weight is 278 g/mol. The van der Waals surface area contributed by atoms with Gasteiger partial charge in [0.05, 0.1) is 6.61 Å². The molecule has 0 amide bonds. The predicted molar refractivity (Wildman–Crippen MR) is 77.9 cm³/mol. The van der Waals surface area contributed by atoms with Gasteiger partial charge in [-0.1, -0.05) is 13.8 Å². The highest BCUT2D eigenvalue weighted by Crippen LogP contribution is 2.47. The van der Waals surface area contributed by atoms with Gasteiger partial charge in [0.2, 0.25) is 5.88 Å². The Morgan fingerprint density at radius 1 is 1.45 bits per heavy atom. The van der Waals surface area contributed by atoms with Crippen LogP contribution in [0.25, 0.3) is 0 Å². The Labute approximate surface area is 121 Å². The molecule has 1 atom stereocenters. The molecule has 1 aliphatic carbocycles. The zero-order valence-corrected chi connectivity index (χ0v) is 12.7. The molecule has 20 heavy (non-hydrogen) atoms. The van der Waals surface area contributed by atoms with Crippen molar-refractivity contribution < 1.29 is 9.47 Å². The van der Waals surface area contributed by atoms with Crippen molar-refractivity contribution in [3.8, 4) is 5.88 Å². The Morgan fingerprint density at radius 3 is 2.95 bits per heavy atom. The summed E-state index contributed by atoms with van der Waals surface area (Å²) in [5.74, 6) is 0.811. The smallest absolute Gasteiger partial charge is 0.236 e. The maximum Gasteiger partial charge on any atom is 0.236 e. The van der Waals surface area contributed by atoms with Crippen LogP contribution in [0, 0.1) is 5.41 Å². The van der Waals surface area contributed by atoms with Crippen LogP contribution in [0.2, 0.25) is 0 Å². The van der Waals surface area contributed by atoms with Crippen LogP contribution in [0.3, 0.4) is 0 Å². The van der Waals surface area contributed by atoms with Crippen LogP contribution in [0.1, 0.15) is 64.2 Å². The molecular formula is C16H26N2O2. The van der Waals surface area contributed by atoms with E-state index in [1.165, 1.54) is 31.2 Å². The molecule has 112 valence electrons. The predicted octanol–water partition coefficient (Wildman–Crippen LogP) is 3.71. The van der Waals surface area contributed by atoms with Crippen molar-refractivity contribution in [1.29, 1.82) is 0 Å². The second kappa shape index (κ2) is 5.76. The first-order valence-electron chi connectivity index (χ1n) is 8.03. The summed E-state index contributed by atoms with van der Waals surface area (Å²) in [6.45, 7) is 6.12. The molecule has 1 unspecified atom stereocenters. The lowest BCUT2D eigenvalue weighted by Gasteiger charge is -2.22. The number of aromatic nitrogens is 2. The van der Waals surface area contributed by atoms with Crippen molar-refractivity contribution in [3.05, 3.63) is 11.8 Å². The fraction of sp³-hybridized carbons (Fsp3) is 0.812. The SMILES string of the molecule is CCc1cn(C2CCCCO2)nc1OCCC1(C)CC1. The Morgan fingerprint density at radius 2 is 2.30 bits per heavy atom. The Kier molecular flexibility index (Phi) is 4.01. The molecule has 1 aromatic heterocycles. The summed E-state index contributed by atoms with van der Waals surface area (Å²) in [5.41, 5.74) is 1.74. The zero-order chi connectivity index (χ0) is 14.0. The maximum absolute atomic E-state index is 5.93. The molecule has 0 spiro atoms. The number of aryl methyl sites for hydroxylation is 1. The number of nitrogens with zero attached hydrogens (tertiary/aromatic N) is 2. The van der Waals surface area contributed by atoms with Crippen LogP contribution in [-0.2, 0) is 11.2 Å². The zero-order valence-electron chi connectivity index (χ0n) is 12.7. The van der Waals surface area contributed by atoms with Crippen LogP contribution in [0.5, 0.6) is 5.88 Å². The largest absolute Gasteiger partial charge is 0.476 e. The summed E-state index contributed by atoms with van der Waals surface area (Å²) >= 11 is 0. The normalized spacial score (nSPS) is 24.6. The lowest BCUT2D eigenvalue weighted by atomic mass is 10.1. The molecule has 1 saturated carbocycles. The van der Waals surface area contributed by atoms with E-state index in [1.807, 2.05) is 4.68 Å². The molecular weight excluding hydrogens is 252 g/mol. The highest BCUT2D eigenvalue weighted by molar-refractivity contribution is 5.23. The first-order valence-corrected chi connectivity index (χ1v) is 8.03. The van der Waals surface area contributed by atoms with E-state index in [4.69, 9.17) is 9.47 Å². The number of hydrogen-bond donors (Lipinski definition) is 0. The second-order valence-corrected chi connectivity index (χ2v) is 6.52. The van der Waals surface area contributed by atoms with Gasteiger partial charge in [-0.25, -0.2) is 4.68 Å². The molecule has 3 rings (SSSR count). The monoisotopic (exact) mass is 278 g/mol. The van der Waals surface area contributed by atoms with Gasteiger partial charge < -0.3 is 9.47 Å². The Bertz CT molecular complexity index is 445. The molecule has 1 aromatic rings. The molecule has 0 N–H and O–H groups in total. The van der Waals surface area contributed by atoms with E-state index in [2.05, 4.69) is 25.1 Å². The van der Waals surface area contributed by atoms with Gasteiger partial charge in [-0.2, -0.15) is 0 Å². The first kappa shape index (κ1) is 13.9. The molecule has 2 fully saturated rings. The van der Waals surface area contributed by atoms with Gasteiger partial charge in [-0.15, -0.1) is 5.10 Å². The van der Waals surface area contributed by atoms with Crippen LogP contribution in [0.4, 0.5) is 0 Å². The van der Waals surface area contributed by atoms with Gasteiger partial charge >= 0.3 is 0 Å².